The zero-order valence-electron chi connectivity index (χ0n) is 11.6. The van der Waals surface area contributed by atoms with Gasteiger partial charge in [0.2, 0.25) is 0 Å². The van der Waals surface area contributed by atoms with Crippen molar-refractivity contribution in [2.45, 2.75) is 26.3 Å². The maximum absolute atomic E-state index is 12.0. The molecule has 0 saturated heterocycles. The molecule has 4 nitrogen and oxygen atoms in total. The van der Waals surface area contributed by atoms with Crippen LogP contribution in [-0.2, 0) is 4.79 Å². The highest BCUT2D eigenvalue weighted by Crippen LogP contribution is 2.20. The SMILES string of the molecule is CC[C@@H](C)NC(=O)/C(C#N)=C/c1c[nH]c2ccccc12. The molecule has 1 heterocycles. The zero-order chi connectivity index (χ0) is 14.5. The van der Waals surface area contributed by atoms with Crippen LogP contribution in [0.3, 0.4) is 0 Å². The van der Waals surface area contributed by atoms with E-state index in [0.29, 0.717) is 0 Å². The van der Waals surface area contributed by atoms with E-state index in [-0.39, 0.29) is 17.5 Å². The average Bonchev–Trinajstić information content (AvgIpc) is 2.87. The van der Waals surface area contributed by atoms with Gasteiger partial charge in [-0.2, -0.15) is 5.26 Å². The van der Waals surface area contributed by atoms with Crippen LogP contribution in [0.4, 0.5) is 0 Å². The Kier molecular flexibility index (Phi) is 4.21. The summed E-state index contributed by atoms with van der Waals surface area (Å²) in [5.74, 6) is -0.327. The third kappa shape index (κ3) is 2.89. The van der Waals surface area contributed by atoms with E-state index in [2.05, 4.69) is 10.3 Å². The summed E-state index contributed by atoms with van der Waals surface area (Å²) >= 11 is 0. The molecule has 20 heavy (non-hydrogen) atoms. The summed E-state index contributed by atoms with van der Waals surface area (Å²) in [6.45, 7) is 3.90. The van der Waals surface area contributed by atoms with Crippen LogP contribution in [0.15, 0.2) is 36.0 Å². The second-order valence-electron chi connectivity index (χ2n) is 4.74. The molecule has 0 unspecified atom stereocenters. The molecular weight excluding hydrogens is 250 g/mol. The third-order valence-corrected chi connectivity index (χ3v) is 3.28. The molecule has 1 amide bonds. The summed E-state index contributed by atoms with van der Waals surface area (Å²) in [7, 11) is 0. The molecule has 2 aromatic rings. The number of para-hydroxylation sites is 1. The van der Waals surface area contributed by atoms with Crippen LogP contribution in [0, 0.1) is 11.3 Å². The van der Waals surface area contributed by atoms with E-state index in [1.807, 2.05) is 44.2 Å². The number of carbonyl (C=O) groups excluding carboxylic acids is 1. The largest absolute Gasteiger partial charge is 0.361 e. The van der Waals surface area contributed by atoms with Crippen LogP contribution in [0.2, 0.25) is 0 Å². The van der Waals surface area contributed by atoms with Gasteiger partial charge in [-0.15, -0.1) is 0 Å². The highest BCUT2D eigenvalue weighted by molar-refractivity contribution is 6.04. The number of H-pyrrole nitrogens is 1. The number of aromatic nitrogens is 1. The predicted octanol–water partition coefficient (Wildman–Crippen LogP) is 2.99. The van der Waals surface area contributed by atoms with Gasteiger partial charge >= 0.3 is 0 Å². The molecule has 0 aliphatic carbocycles. The maximum Gasteiger partial charge on any atom is 0.262 e. The number of hydrogen-bond donors (Lipinski definition) is 2. The van der Waals surface area contributed by atoms with Crippen LogP contribution in [0.25, 0.3) is 17.0 Å². The summed E-state index contributed by atoms with van der Waals surface area (Å²) < 4.78 is 0. The van der Waals surface area contributed by atoms with Gasteiger partial charge in [0.1, 0.15) is 11.6 Å². The first-order valence-electron chi connectivity index (χ1n) is 6.64. The van der Waals surface area contributed by atoms with Crippen molar-refractivity contribution in [3.05, 3.63) is 41.6 Å². The number of fused-ring (bicyclic) bond motifs is 1. The number of aromatic amines is 1. The predicted molar refractivity (Wildman–Crippen MR) is 79.8 cm³/mol. The molecule has 1 aromatic heterocycles. The van der Waals surface area contributed by atoms with E-state index < -0.39 is 0 Å². The van der Waals surface area contributed by atoms with Crippen LogP contribution >= 0.6 is 0 Å². The maximum atomic E-state index is 12.0. The van der Waals surface area contributed by atoms with Crippen molar-refractivity contribution in [1.29, 1.82) is 5.26 Å². The van der Waals surface area contributed by atoms with Crippen LogP contribution in [0.5, 0.6) is 0 Å². The highest BCUT2D eigenvalue weighted by Gasteiger charge is 2.12. The van der Waals surface area contributed by atoms with E-state index >= 15 is 0 Å². The first-order valence-corrected chi connectivity index (χ1v) is 6.64. The van der Waals surface area contributed by atoms with Gasteiger partial charge in [-0.3, -0.25) is 4.79 Å². The number of hydrogen-bond acceptors (Lipinski definition) is 2. The number of nitriles is 1. The number of carbonyl (C=O) groups is 1. The van der Waals surface area contributed by atoms with Gasteiger partial charge < -0.3 is 10.3 Å². The Balaban J connectivity index is 2.32. The van der Waals surface area contributed by atoms with Crippen molar-refractivity contribution in [2.24, 2.45) is 0 Å². The van der Waals surface area contributed by atoms with Crippen molar-refractivity contribution < 1.29 is 4.79 Å². The van der Waals surface area contributed by atoms with Crippen LogP contribution < -0.4 is 5.32 Å². The van der Waals surface area contributed by atoms with Gasteiger partial charge in [-0.25, -0.2) is 0 Å². The first-order chi connectivity index (χ1) is 9.65. The smallest absolute Gasteiger partial charge is 0.262 e. The Morgan fingerprint density at radius 2 is 2.25 bits per heavy atom. The van der Waals surface area contributed by atoms with Crippen molar-refractivity contribution in [3.8, 4) is 6.07 Å². The lowest BCUT2D eigenvalue weighted by Gasteiger charge is -2.10. The second kappa shape index (κ2) is 6.07. The quantitative estimate of drug-likeness (QED) is 0.660. The normalized spacial score (nSPS) is 12.9. The fourth-order valence-electron chi connectivity index (χ4n) is 1.92. The average molecular weight is 267 g/mol. The molecule has 0 spiro atoms. The van der Waals surface area contributed by atoms with Gasteiger partial charge in [-0.1, -0.05) is 25.1 Å². The van der Waals surface area contributed by atoms with E-state index in [9.17, 15) is 4.79 Å². The van der Waals surface area contributed by atoms with Crippen LogP contribution in [0.1, 0.15) is 25.8 Å². The van der Waals surface area contributed by atoms with Gasteiger partial charge in [0.25, 0.3) is 5.91 Å². The number of nitrogens with one attached hydrogen (secondary N) is 2. The Labute approximate surface area is 118 Å². The van der Waals surface area contributed by atoms with Gasteiger partial charge in [0.05, 0.1) is 0 Å². The highest BCUT2D eigenvalue weighted by atomic mass is 16.1. The lowest BCUT2D eigenvalue weighted by molar-refractivity contribution is -0.117. The molecule has 0 aliphatic rings. The Bertz CT molecular complexity index is 691. The Hall–Kier alpha value is -2.54. The second-order valence-corrected chi connectivity index (χ2v) is 4.74. The minimum Gasteiger partial charge on any atom is -0.361 e. The lowest BCUT2D eigenvalue weighted by Crippen LogP contribution is -2.32. The standard InChI is InChI=1S/C16H17N3O/c1-3-11(2)19-16(20)12(9-17)8-13-10-18-15-7-5-4-6-14(13)15/h4-8,10-11,18H,3H2,1-2H3,(H,19,20)/b12-8+/t11-/m1/s1. The molecular formula is C16H17N3O. The topological polar surface area (TPSA) is 68.7 Å². The minimum absolute atomic E-state index is 0.0576. The summed E-state index contributed by atoms with van der Waals surface area (Å²) in [6, 6.07) is 9.81. The molecule has 0 fully saturated rings. The summed E-state index contributed by atoms with van der Waals surface area (Å²) in [6.07, 6.45) is 4.26. The lowest BCUT2D eigenvalue weighted by atomic mass is 10.1. The minimum atomic E-state index is -0.327. The van der Waals surface area contributed by atoms with Gasteiger partial charge in [-0.05, 0) is 25.5 Å². The molecule has 102 valence electrons. The molecule has 0 saturated carbocycles. The van der Waals surface area contributed by atoms with Crippen LogP contribution in [-0.4, -0.2) is 16.9 Å². The Morgan fingerprint density at radius 1 is 1.50 bits per heavy atom. The first kappa shape index (κ1) is 13.9. The van der Waals surface area contributed by atoms with E-state index in [1.54, 1.807) is 12.3 Å². The molecule has 1 aromatic carbocycles. The number of amides is 1. The molecule has 0 radical (unpaired) electrons. The Morgan fingerprint density at radius 3 is 2.95 bits per heavy atom. The third-order valence-electron chi connectivity index (χ3n) is 3.28. The summed E-state index contributed by atoms with van der Waals surface area (Å²) in [5.41, 5.74) is 1.95. The molecule has 4 heteroatoms. The molecule has 1 atom stereocenters. The fourth-order valence-corrected chi connectivity index (χ4v) is 1.92. The van der Waals surface area contributed by atoms with Crippen molar-refractivity contribution in [1.82, 2.24) is 10.3 Å². The van der Waals surface area contributed by atoms with E-state index in [1.165, 1.54) is 0 Å². The van der Waals surface area contributed by atoms with Crippen molar-refractivity contribution in [2.75, 3.05) is 0 Å². The van der Waals surface area contributed by atoms with Gasteiger partial charge in [0.15, 0.2) is 0 Å². The zero-order valence-corrected chi connectivity index (χ0v) is 11.6. The fraction of sp³-hybridized carbons (Fsp3) is 0.250. The van der Waals surface area contributed by atoms with E-state index in [4.69, 9.17) is 5.26 Å². The monoisotopic (exact) mass is 267 g/mol. The van der Waals surface area contributed by atoms with Crippen molar-refractivity contribution >= 4 is 22.9 Å². The molecule has 2 N–H and O–H groups in total. The number of rotatable bonds is 4. The molecule has 0 aliphatic heterocycles. The molecule has 0 bridgehead atoms. The number of nitrogens with zero attached hydrogens (tertiary/aromatic N) is 1. The van der Waals surface area contributed by atoms with Gasteiger partial charge in [0, 0.05) is 28.7 Å². The van der Waals surface area contributed by atoms with E-state index in [0.717, 1.165) is 22.9 Å². The molecule has 2 rings (SSSR count). The summed E-state index contributed by atoms with van der Waals surface area (Å²) in [5, 5.41) is 13.0. The van der Waals surface area contributed by atoms with Crippen molar-refractivity contribution in [3.63, 3.8) is 0 Å². The number of benzene rings is 1. The summed E-state index contributed by atoms with van der Waals surface area (Å²) in [4.78, 5) is 15.1.